The molecule has 0 bridgehead atoms. The molecule has 7 heteroatoms. The average molecular weight is 383 g/mol. The van der Waals surface area contributed by atoms with E-state index in [0.717, 1.165) is 40.2 Å². The molecule has 0 radical (unpaired) electrons. The highest BCUT2D eigenvalue weighted by Gasteiger charge is 2.45. The predicted octanol–water partition coefficient (Wildman–Crippen LogP) is 3.80. The van der Waals surface area contributed by atoms with Crippen molar-refractivity contribution in [3.8, 4) is 17.2 Å². The number of thioether (sulfide) groups is 1. The van der Waals surface area contributed by atoms with Crippen LogP contribution in [0, 0.1) is 0 Å². The molecule has 3 unspecified atom stereocenters. The minimum atomic E-state index is -0.0687. The summed E-state index contributed by atoms with van der Waals surface area (Å²) in [5, 5.41) is 1.60. The van der Waals surface area contributed by atoms with Crippen molar-refractivity contribution in [3.63, 3.8) is 0 Å². The van der Waals surface area contributed by atoms with Crippen molar-refractivity contribution in [1.29, 1.82) is 0 Å². The number of benzene rings is 1. The Bertz CT molecular complexity index is 890. The van der Waals surface area contributed by atoms with E-state index in [0.29, 0.717) is 11.9 Å². The SMILES string of the molecule is CCOc1cc2c(cc1C1C(c3ccccn3)N=C3SC(C)CN31)OCO2. The molecule has 3 atom stereocenters. The fraction of sp³-hybridized carbons (Fsp3) is 0.400. The monoisotopic (exact) mass is 383 g/mol. The van der Waals surface area contributed by atoms with Crippen LogP contribution in [-0.2, 0) is 0 Å². The first-order valence-electron chi connectivity index (χ1n) is 9.23. The van der Waals surface area contributed by atoms with Gasteiger partial charge in [-0.3, -0.25) is 9.98 Å². The second-order valence-electron chi connectivity index (χ2n) is 6.81. The van der Waals surface area contributed by atoms with Crippen LogP contribution >= 0.6 is 11.8 Å². The van der Waals surface area contributed by atoms with E-state index in [1.54, 1.807) is 0 Å². The maximum absolute atomic E-state index is 5.99. The topological polar surface area (TPSA) is 56.2 Å². The second-order valence-corrected chi connectivity index (χ2v) is 8.22. The fourth-order valence-corrected chi connectivity index (χ4v) is 5.00. The molecule has 0 spiro atoms. The maximum atomic E-state index is 5.99. The zero-order valence-electron chi connectivity index (χ0n) is 15.3. The van der Waals surface area contributed by atoms with Gasteiger partial charge in [0.05, 0.1) is 18.3 Å². The van der Waals surface area contributed by atoms with Gasteiger partial charge in [0, 0.05) is 29.6 Å². The molecule has 0 aliphatic carbocycles. The van der Waals surface area contributed by atoms with Gasteiger partial charge in [0.1, 0.15) is 11.8 Å². The molecule has 1 saturated heterocycles. The van der Waals surface area contributed by atoms with E-state index < -0.39 is 0 Å². The van der Waals surface area contributed by atoms with Crippen molar-refractivity contribution in [3.05, 3.63) is 47.8 Å². The normalized spacial score (nSPS) is 25.5. The smallest absolute Gasteiger partial charge is 0.231 e. The molecule has 27 heavy (non-hydrogen) atoms. The predicted molar refractivity (Wildman–Crippen MR) is 105 cm³/mol. The van der Waals surface area contributed by atoms with E-state index in [1.807, 2.05) is 49.1 Å². The lowest BCUT2D eigenvalue weighted by Crippen LogP contribution is -2.29. The van der Waals surface area contributed by atoms with Gasteiger partial charge in [0.2, 0.25) is 6.79 Å². The molecule has 5 rings (SSSR count). The van der Waals surface area contributed by atoms with Crippen LogP contribution in [0.1, 0.15) is 37.2 Å². The van der Waals surface area contributed by atoms with Gasteiger partial charge in [0.15, 0.2) is 16.7 Å². The van der Waals surface area contributed by atoms with Crippen molar-refractivity contribution in [1.82, 2.24) is 9.88 Å². The largest absolute Gasteiger partial charge is 0.493 e. The van der Waals surface area contributed by atoms with Gasteiger partial charge in [-0.25, -0.2) is 0 Å². The van der Waals surface area contributed by atoms with E-state index in [1.165, 1.54) is 0 Å². The van der Waals surface area contributed by atoms with Gasteiger partial charge < -0.3 is 19.1 Å². The molecule has 140 valence electrons. The number of pyridine rings is 1. The Balaban J connectivity index is 1.63. The molecular formula is C20H21N3O3S. The summed E-state index contributed by atoms with van der Waals surface area (Å²) in [5.74, 6) is 2.33. The summed E-state index contributed by atoms with van der Waals surface area (Å²) in [7, 11) is 0. The van der Waals surface area contributed by atoms with Crippen molar-refractivity contribution >= 4 is 16.9 Å². The maximum Gasteiger partial charge on any atom is 0.231 e. The first kappa shape index (κ1) is 16.7. The van der Waals surface area contributed by atoms with Gasteiger partial charge >= 0.3 is 0 Å². The third-order valence-corrected chi connectivity index (χ3v) is 6.11. The van der Waals surface area contributed by atoms with Crippen LogP contribution in [0.25, 0.3) is 0 Å². The molecule has 0 saturated carbocycles. The number of nitrogens with zero attached hydrogens (tertiary/aromatic N) is 3. The van der Waals surface area contributed by atoms with Crippen molar-refractivity contribution < 1.29 is 14.2 Å². The number of rotatable bonds is 4. The van der Waals surface area contributed by atoms with Gasteiger partial charge in [-0.05, 0) is 25.1 Å². The molecule has 4 heterocycles. The second kappa shape index (κ2) is 6.64. The van der Waals surface area contributed by atoms with E-state index in [9.17, 15) is 0 Å². The number of fused-ring (bicyclic) bond motifs is 2. The lowest BCUT2D eigenvalue weighted by molar-refractivity contribution is 0.173. The lowest BCUT2D eigenvalue weighted by atomic mass is 9.95. The van der Waals surface area contributed by atoms with Crippen LogP contribution in [0.2, 0.25) is 0 Å². The first-order valence-corrected chi connectivity index (χ1v) is 10.1. The van der Waals surface area contributed by atoms with E-state index in [-0.39, 0.29) is 18.9 Å². The summed E-state index contributed by atoms with van der Waals surface area (Å²) >= 11 is 1.83. The van der Waals surface area contributed by atoms with Crippen LogP contribution in [-0.4, -0.2) is 40.2 Å². The number of ether oxygens (including phenoxy) is 3. The Morgan fingerprint density at radius 3 is 2.89 bits per heavy atom. The number of hydrogen-bond acceptors (Lipinski definition) is 7. The highest BCUT2D eigenvalue weighted by atomic mass is 32.2. The van der Waals surface area contributed by atoms with Crippen LogP contribution in [0.5, 0.6) is 17.2 Å². The van der Waals surface area contributed by atoms with Crippen LogP contribution in [0.15, 0.2) is 41.5 Å². The molecule has 2 aromatic rings. The average Bonchev–Trinajstić information content (AvgIpc) is 3.35. The summed E-state index contributed by atoms with van der Waals surface area (Å²) in [6, 6.07) is 9.96. The summed E-state index contributed by atoms with van der Waals surface area (Å²) in [4.78, 5) is 12.0. The minimum absolute atomic E-state index is 0.0309. The molecule has 1 aromatic carbocycles. The minimum Gasteiger partial charge on any atom is -0.493 e. The molecule has 1 fully saturated rings. The van der Waals surface area contributed by atoms with Crippen molar-refractivity contribution in [2.24, 2.45) is 4.99 Å². The van der Waals surface area contributed by atoms with E-state index in [2.05, 4.69) is 22.9 Å². The third kappa shape index (κ3) is 2.81. The quantitative estimate of drug-likeness (QED) is 0.801. The molecule has 0 N–H and O–H groups in total. The zero-order chi connectivity index (χ0) is 18.4. The summed E-state index contributed by atoms with van der Waals surface area (Å²) in [6.07, 6.45) is 1.83. The summed E-state index contributed by atoms with van der Waals surface area (Å²) in [5.41, 5.74) is 2.04. The molecular weight excluding hydrogens is 362 g/mol. The Hall–Kier alpha value is -2.41. The number of aromatic nitrogens is 1. The number of hydrogen-bond donors (Lipinski definition) is 0. The van der Waals surface area contributed by atoms with Gasteiger partial charge in [-0.15, -0.1) is 0 Å². The molecule has 6 nitrogen and oxygen atoms in total. The Labute approximate surface area is 162 Å². The Morgan fingerprint density at radius 2 is 2.11 bits per heavy atom. The number of amidine groups is 1. The first-order chi connectivity index (χ1) is 13.2. The lowest BCUT2D eigenvalue weighted by Gasteiger charge is -2.29. The molecule has 1 aromatic heterocycles. The Kier molecular flexibility index (Phi) is 4.11. The molecule has 3 aliphatic heterocycles. The molecule has 0 amide bonds. The highest BCUT2D eigenvalue weighted by molar-refractivity contribution is 8.14. The fourth-order valence-electron chi connectivity index (χ4n) is 3.90. The van der Waals surface area contributed by atoms with Gasteiger partial charge in [-0.2, -0.15) is 0 Å². The summed E-state index contributed by atoms with van der Waals surface area (Å²) in [6.45, 7) is 6.03. The third-order valence-electron chi connectivity index (χ3n) is 5.00. The number of aliphatic imine (C=N–C) groups is 1. The van der Waals surface area contributed by atoms with Crippen LogP contribution < -0.4 is 14.2 Å². The van der Waals surface area contributed by atoms with Gasteiger partial charge in [-0.1, -0.05) is 24.8 Å². The van der Waals surface area contributed by atoms with Crippen LogP contribution in [0.4, 0.5) is 0 Å². The van der Waals surface area contributed by atoms with Crippen LogP contribution in [0.3, 0.4) is 0 Å². The zero-order valence-corrected chi connectivity index (χ0v) is 16.1. The van der Waals surface area contributed by atoms with Crippen molar-refractivity contribution in [2.45, 2.75) is 31.2 Å². The van der Waals surface area contributed by atoms with E-state index >= 15 is 0 Å². The molecule has 3 aliphatic rings. The summed E-state index contributed by atoms with van der Waals surface area (Å²) < 4.78 is 17.2. The van der Waals surface area contributed by atoms with E-state index in [4.69, 9.17) is 19.2 Å². The standard InChI is InChI=1S/C20H21N3O3S/c1-3-24-15-9-17-16(25-11-26-17)8-13(15)19-18(14-6-4-5-7-21-14)22-20-23(19)10-12(2)27-20/h4-9,12,18-19H,3,10-11H2,1-2H3. The highest BCUT2D eigenvalue weighted by Crippen LogP contribution is 2.51. The Morgan fingerprint density at radius 1 is 1.26 bits per heavy atom. The van der Waals surface area contributed by atoms with Crippen molar-refractivity contribution in [2.75, 3.05) is 19.9 Å². The van der Waals surface area contributed by atoms with Gasteiger partial charge in [0.25, 0.3) is 0 Å².